The highest BCUT2D eigenvalue weighted by Gasteiger charge is 1.99. The van der Waals surface area contributed by atoms with Crippen LogP contribution in [0.2, 0.25) is 0 Å². The Morgan fingerprint density at radius 1 is 1.20 bits per heavy atom. The quantitative estimate of drug-likeness (QED) is 0.834. The van der Waals surface area contributed by atoms with Gasteiger partial charge in [0.15, 0.2) is 0 Å². The Bertz CT molecular complexity index is 619. The average Bonchev–Trinajstić information content (AvgIpc) is 2.48. The van der Waals surface area contributed by atoms with Crippen molar-refractivity contribution in [3.8, 4) is 5.75 Å². The van der Waals surface area contributed by atoms with E-state index in [2.05, 4.69) is 10.3 Å². The number of aliphatic imine (C=N–C) groups is 1. The van der Waals surface area contributed by atoms with Crippen molar-refractivity contribution in [2.45, 2.75) is 13.3 Å². The van der Waals surface area contributed by atoms with Crippen molar-refractivity contribution < 1.29 is 9.90 Å². The summed E-state index contributed by atoms with van der Waals surface area (Å²) in [4.78, 5) is 15.5. The minimum Gasteiger partial charge on any atom is -0.507 e. The zero-order valence-electron chi connectivity index (χ0n) is 11.2. The van der Waals surface area contributed by atoms with Gasteiger partial charge in [0.25, 0.3) is 0 Å². The third-order valence-corrected chi connectivity index (χ3v) is 2.76. The summed E-state index contributed by atoms with van der Waals surface area (Å²) in [6, 6.07) is 14.2. The molecule has 0 fully saturated rings. The second kappa shape index (κ2) is 6.52. The highest BCUT2D eigenvalue weighted by atomic mass is 16.3. The number of amides is 1. The summed E-state index contributed by atoms with van der Waals surface area (Å²) in [5.74, 6) is 0.179. The molecule has 20 heavy (non-hydrogen) atoms. The number of rotatable bonds is 4. The fraction of sp³-hybridized carbons (Fsp3) is 0.125. The van der Waals surface area contributed by atoms with Gasteiger partial charge in [0.2, 0.25) is 5.91 Å². The Balaban J connectivity index is 2.07. The first-order valence-corrected chi connectivity index (χ1v) is 6.41. The fourth-order valence-electron chi connectivity index (χ4n) is 1.62. The molecule has 4 heteroatoms. The number of para-hydroxylation sites is 1. The van der Waals surface area contributed by atoms with Crippen LogP contribution in [-0.2, 0) is 4.79 Å². The Labute approximate surface area is 117 Å². The van der Waals surface area contributed by atoms with E-state index in [0.29, 0.717) is 12.0 Å². The smallest absolute Gasteiger partial charge is 0.224 e. The SMILES string of the molecule is CCC(=O)Nc1ccc(N=Cc2ccccc2O)cc1. The zero-order valence-corrected chi connectivity index (χ0v) is 11.2. The lowest BCUT2D eigenvalue weighted by Crippen LogP contribution is -2.08. The molecule has 102 valence electrons. The summed E-state index contributed by atoms with van der Waals surface area (Å²) in [5, 5.41) is 12.4. The van der Waals surface area contributed by atoms with Crippen molar-refractivity contribution in [1.82, 2.24) is 0 Å². The number of nitrogens with one attached hydrogen (secondary N) is 1. The van der Waals surface area contributed by atoms with E-state index >= 15 is 0 Å². The van der Waals surface area contributed by atoms with Crippen molar-refractivity contribution in [2.24, 2.45) is 4.99 Å². The molecule has 1 amide bonds. The van der Waals surface area contributed by atoms with Gasteiger partial charge in [0, 0.05) is 23.9 Å². The molecule has 2 N–H and O–H groups in total. The van der Waals surface area contributed by atoms with Crippen LogP contribution in [-0.4, -0.2) is 17.2 Å². The third-order valence-electron chi connectivity index (χ3n) is 2.76. The molecule has 0 unspecified atom stereocenters. The van der Waals surface area contributed by atoms with E-state index in [9.17, 15) is 9.90 Å². The van der Waals surface area contributed by atoms with Crippen molar-refractivity contribution in [3.05, 3.63) is 54.1 Å². The number of carbonyl (C=O) groups excluding carboxylic acids is 1. The number of phenolic OH excluding ortho intramolecular Hbond substituents is 1. The Morgan fingerprint density at radius 3 is 2.55 bits per heavy atom. The summed E-state index contributed by atoms with van der Waals surface area (Å²) in [6.45, 7) is 1.81. The number of benzene rings is 2. The zero-order chi connectivity index (χ0) is 14.4. The highest BCUT2D eigenvalue weighted by Crippen LogP contribution is 2.18. The van der Waals surface area contributed by atoms with E-state index in [1.165, 1.54) is 0 Å². The summed E-state index contributed by atoms with van der Waals surface area (Å²) in [5.41, 5.74) is 2.16. The minimum absolute atomic E-state index is 0.0181. The molecule has 4 nitrogen and oxygen atoms in total. The summed E-state index contributed by atoms with van der Waals surface area (Å²) in [7, 11) is 0. The molecule has 2 rings (SSSR count). The number of carbonyl (C=O) groups is 1. The molecule has 0 saturated carbocycles. The second-order valence-electron chi connectivity index (χ2n) is 4.27. The van der Waals surface area contributed by atoms with Gasteiger partial charge in [-0.2, -0.15) is 0 Å². The first-order chi connectivity index (χ1) is 9.69. The van der Waals surface area contributed by atoms with Crippen LogP contribution >= 0.6 is 0 Å². The van der Waals surface area contributed by atoms with Gasteiger partial charge in [-0.3, -0.25) is 9.79 Å². The lowest BCUT2D eigenvalue weighted by Gasteiger charge is -2.03. The number of hydrogen-bond donors (Lipinski definition) is 2. The van der Waals surface area contributed by atoms with Crippen LogP contribution in [0.5, 0.6) is 5.75 Å². The van der Waals surface area contributed by atoms with E-state index < -0.39 is 0 Å². The minimum atomic E-state index is -0.0181. The van der Waals surface area contributed by atoms with Crippen LogP contribution in [0, 0.1) is 0 Å². The standard InChI is InChI=1S/C16H16N2O2/c1-2-16(20)18-14-9-7-13(8-10-14)17-11-12-5-3-4-6-15(12)19/h3-11,19H,2H2,1H3,(H,18,20). The monoisotopic (exact) mass is 268 g/mol. The molecule has 0 aliphatic heterocycles. The molecule has 0 aliphatic rings. The number of phenols is 1. The Kier molecular flexibility index (Phi) is 4.50. The number of anilines is 1. The Hall–Kier alpha value is -2.62. The predicted octanol–water partition coefficient (Wildman–Crippen LogP) is 3.49. The molecule has 2 aromatic carbocycles. The second-order valence-corrected chi connectivity index (χ2v) is 4.27. The van der Waals surface area contributed by atoms with E-state index in [1.807, 2.05) is 18.2 Å². The number of nitrogens with zero attached hydrogens (tertiary/aromatic N) is 1. The lowest BCUT2D eigenvalue weighted by molar-refractivity contribution is -0.115. The molecular weight excluding hydrogens is 252 g/mol. The molecule has 0 heterocycles. The maximum absolute atomic E-state index is 11.2. The Morgan fingerprint density at radius 2 is 1.90 bits per heavy atom. The molecule has 0 spiro atoms. The van der Waals surface area contributed by atoms with Crippen LogP contribution in [0.3, 0.4) is 0 Å². The maximum Gasteiger partial charge on any atom is 0.224 e. The molecule has 0 atom stereocenters. The number of hydrogen-bond acceptors (Lipinski definition) is 3. The molecule has 2 aromatic rings. The van der Waals surface area contributed by atoms with Gasteiger partial charge in [-0.15, -0.1) is 0 Å². The van der Waals surface area contributed by atoms with Crippen LogP contribution in [0.4, 0.5) is 11.4 Å². The van der Waals surface area contributed by atoms with Crippen LogP contribution in [0.15, 0.2) is 53.5 Å². The van der Waals surface area contributed by atoms with Crippen molar-refractivity contribution in [3.63, 3.8) is 0 Å². The van der Waals surface area contributed by atoms with Crippen LogP contribution in [0.1, 0.15) is 18.9 Å². The van der Waals surface area contributed by atoms with E-state index in [4.69, 9.17) is 0 Å². The summed E-state index contributed by atoms with van der Waals surface area (Å²) >= 11 is 0. The normalized spacial score (nSPS) is 10.7. The average molecular weight is 268 g/mol. The third kappa shape index (κ3) is 3.68. The van der Waals surface area contributed by atoms with Crippen molar-refractivity contribution in [1.29, 1.82) is 0 Å². The first-order valence-electron chi connectivity index (χ1n) is 6.41. The van der Waals surface area contributed by atoms with Gasteiger partial charge in [0.05, 0.1) is 5.69 Å². The molecular formula is C16H16N2O2. The van der Waals surface area contributed by atoms with Gasteiger partial charge in [0.1, 0.15) is 5.75 Å². The topological polar surface area (TPSA) is 61.7 Å². The molecule has 0 bridgehead atoms. The molecule has 0 radical (unpaired) electrons. The van der Waals surface area contributed by atoms with Crippen LogP contribution < -0.4 is 5.32 Å². The van der Waals surface area contributed by atoms with Crippen molar-refractivity contribution >= 4 is 23.5 Å². The number of aromatic hydroxyl groups is 1. The van der Waals surface area contributed by atoms with E-state index in [1.54, 1.807) is 43.5 Å². The fourth-order valence-corrected chi connectivity index (χ4v) is 1.62. The van der Waals surface area contributed by atoms with Gasteiger partial charge < -0.3 is 10.4 Å². The first kappa shape index (κ1) is 13.8. The predicted molar refractivity (Wildman–Crippen MR) is 80.7 cm³/mol. The van der Waals surface area contributed by atoms with E-state index in [0.717, 1.165) is 11.4 Å². The molecule has 0 aliphatic carbocycles. The van der Waals surface area contributed by atoms with Gasteiger partial charge in [-0.05, 0) is 36.4 Å². The highest BCUT2D eigenvalue weighted by molar-refractivity contribution is 5.90. The molecule has 0 aromatic heterocycles. The van der Waals surface area contributed by atoms with E-state index in [-0.39, 0.29) is 11.7 Å². The maximum atomic E-state index is 11.2. The van der Waals surface area contributed by atoms with Gasteiger partial charge in [-0.25, -0.2) is 0 Å². The lowest BCUT2D eigenvalue weighted by atomic mass is 10.2. The largest absolute Gasteiger partial charge is 0.507 e. The van der Waals surface area contributed by atoms with Gasteiger partial charge >= 0.3 is 0 Å². The van der Waals surface area contributed by atoms with Crippen LogP contribution in [0.25, 0.3) is 0 Å². The van der Waals surface area contributed by atoms with Crippen molar-refractivity contribution in [2.75, 3.05) is 5.32 Å². The summed E-state index contributed by atoms with van der Waals surface area (Å²) < 4.78 is 0. The summed E-state index contributed by atoms with van der Waals surface area (Å²) in [6.07, 6.45) is 2.06. The van der Waals surface area contributed by atoms with Gasteiger partial charge in [-0.1, -0.05) is 19.1 Å². The molecule has 0 saturated heterocycles.